The number of allylic oxidation sites excluding steroid dienone is 1. The molecule has 2 rings (SSSR count). The summed E-state index contributed by atoms with van der Waals surface area (Å²) in [7, 11) is -1.25. The lowest BCUT2D eigenvalue weighted by Crippen LogP contribution is -1.99. The van der Waals surface area contributed by atoms with Crippen LogP contribution in [0.5, 0.6) is 0 Å². The van der Waals surface area contributed by atoms with Crippen LogP contribution < -0.4 is 0 Å². The third-order valence-corrected chi connectivity index (χ3v) is 3.53. The second kappa shape index (κ2) is 2.92. The molecule has 13 heavy (non-hydrogen) atoms. The standard InChI is InChI=1S/C10H8O2S/c1-7(11)10-6-8-4-2-3-5-9(8)13(10)12/h2-6H,1H3. The number of Topliss-reactive ketones (excluding diaryl/α,β-unsaturated/α-hetero) is 1. The maximum atomic E-state index is 11.7. The van der Waals surface area contributed by atoms with Crippen molar-refractivity contribution < 1.29 is 9.00 Å². The highest BCUT2D eigenvalue weighted by Crippen LogP contribution is 2.29. The van der Waals surface area contributed by atoms with E-state index in [9.17, 15) is 9.00 Å². The number of carbonyl (C=O) groups is 1. The molecule has 0 N–H and O–H groups in total. The molecule has 1 aliphatic rings. The first-order valence-electron chi connectivity index (χ1n) is 3.93. The van der Waals surface area contributed by atoms with Crippen LogP contribution >= 0.6 is 0 Å². The minimum absolute atomic E-state index is 0.116. The normalized spacial score (nSPS) is 19.5. The van der Waals surface area contributed by atoms with Gasteiger partial charge in [0.15, 0.2) is 5.78 Å². The van der Waals surface area contributed by atoms with E-state index in [1.54, 1.807) is 12.1 Å². The minimum Gasteiger partial charge on any atom is -0.294 e. The number of ketones is 1. The Bertz CT molecular complexity index is 432. The summed E-state index contributed by atoms with van der Waals surface area (Å²) in [5.74, 6) is -0.116. The lowest BCUT2D eigenvalue weighted by molar-refractivity contribution is -0.112. The molecular formula is C10H8O2S. The molecule has 0 aromatic heterocycles. The second-order valence-corrected chi connectivity index (χ2v) is 4.29. The second-order valence-electron chi connectivity index (χ2n) is 2.87. The maximum Gasteiger partial charge on any atom is 0.169 e. The van der Waals surface area contributed by atoms with Crippen molar-refractivity contribution in [2.45, 2.75) is 11.8 Å². The predicted octanol–water partition coefficient (Wildman–Crippen LogP) is 1.74. The molecule has 66 valence electrons. The SMILES string of the molecule is CC(=O)C1=Cc2ccccc2S1=O. The van der Waals surface area contributed by atoms with Crippen molar-refractivity contribution in [3.63, 3.8) is 0 Å². The van der Waals surface area contributed by atoms with Gasteiger partial charge in [0.2, 0.25) is 0 Å². The van der Waals surface area contributed by atoms with Crippen LogP contribution in [0.15, 0.2) is 34.1 Å². The Hall–Kier alpha value is -1.22. The molecule has 3 heteroatoms. The van der Waals surface area contributed by atoms with Gasteiger partial charge in [0.25, 0.3) is 0 Å². The fourth-order valence-corrected chi connectivity index (χ4v) is 2.59. The Morgan fingerprint density at radius 3 is 2.62 bits per heavy atom. The quantitative estimate of drug-likeness (QED) is 0.679. The zero-order valence-corrected chi connectivity index (χ0v) is 7.93. The van der Waals surface area contributed by atoms with Crippen LogP contribution in [-0.4, -0.2) is 9.99 Å². The molecule has 1 heterocycles. The van der Waals surface area contributed by atoms with Gasteiger partial charge in [0, 0.05) is 0 Å². The number of hydrogen-bond donors (Lipinski definition) is 0. The van der Waals surface area contributed by atoms with Crippen LogP contribution in [0.4, 0.5) is 0 Å². The molecule has 0 amide bonds. The molecule has 1 aromatic rings. The number of fused-ring (bicyclic) bond motifs is 1. The van der Waals surface area contributed by atoms with Crippen molar-refractivity contribution in [1.29, 1.82) is 0 Å². The monoisotopic (exact) mass is 192 g/mol. The Labute approximate surface area is 78.7 Å². The smallest absolute Gasteiger partial charge is 0.169 e. The van der Waals surface area contributed by atoms with Gasteiger partial charge in [-0.2, -0.15) is 0 Å². The molecule has 1 unspecified atom stereocenters. The van der Waals surface area contributed by atoms with Crippen molar-refractivity contribution >= 4 is 22.7 Å². The van der Waals surface area contributed by atoms with Crippen molar-refractivity contribution in [1.82, 2.24) is 0 Å². The minimum atomic E-state index is -1.25. The van der Waals surface area contributed by atoms with Crippen LogP contribution in [0, 0.1) is 0 Å². The molecule has 1 aliphatic heterocycles. The summed E-state index contributed by atoms with van der Waals surface area (Å²) in [5.41, 5.74) is 0.894. The average molecular weight is 192 g/mol. The van der Waals surface area contributed by atoms with E-state index in [1.807, 2.05) is 18.2 Å². The van der Waals surface area contributed by atoms with Crippen molar-refractivity contribution in [3.8, 4) is 0 Å². The first kappa shape index (κ1) is 8.38. The zero-order valence-electron chi connectivity index (χ0n) is 7.11. The van der Waals surface area contributed by atoms with Gasteiger partial charge in [0.05, 0.1) is 20.6 Å². The summed E-state index contributed by atoms with van der Waals surface area (Å²) < 4.78 is 11.7. The van der Waals surface area contributed by atoms with Gasteiger partial charge in [-0.25, -0.2) is 4.21 Å². The lowest BCUT2D eigenvalue weighted by Gasteiger charge is -1.95. The van der Waals surface area contributed by atoms with Gasteiger partial charge in [-0.05, 0) is 24.6 Å². The van der Waals surface area contributed by atoms with Crippen molar-refractivity contribution in [2.75, 3.05) is 0 Å². The summed E-state index contributed by atoms with van der Waals surface area (Å²) in [6.45, 7) is 1.44. The number of benzene rings is 1. The van der Waals surface area contributed by atoms with Crippen LogP contribution in [0.2, 0.25) is 0 Å². The summed E-state index contributed by atoms with van der Waals surface area (Å²) in [4.78, 5) is 12.2. The Kier molecular flexibility index (Phi) is 1.88. The molecule has 0 aliphatic carbocycles. The first-order chi connectivity index (χ1) is 6.20. The van der Waals surface area contributed by atoms with E-state index in [0.717, 1.165) is 10.5 Å². The van der Waals surface area contributed by atoms with Crippen LogP contribution in [0.25, 0.3) is 6.08 Å². The molecule has 1 aromatic carbocycles. The molecule has 0 radical (unpaired) electrons. The zero-order chi connectivity index (χ0) is 9.42. The van der Waals surface area contributed by atoms with E-state index in [-0.39, 0.29) is 5.78 Å². The Balaban J connectivity index is 2.57. The third kappa shape index (κ3) is 1.25. The highest BCUT2D eigenvalue weighted by Gasteiger charge is 2.22. The Morgan fingerprint density at radius 2 is 2.00 bits per heavy atom. The summed E-state index contributed by atoms with van der Waals surface area (Å²) in [6, 6.07) is 7.35. The van der Waals surface area contributed by atoms with Crippen LogP contribution in [0.1, 0.15) is 12.5 Å². The van der Waals surface area contributed by atoms with E-state index in [4.69, 9.17) is 0 Å². The molecular weight excluding hydrogens is 184 g/mol. The van der Waals surface area contributed by atoms with Crippen molar-refractivity contribution in [2.24, 2.45) is 0 Å². The molecule has 0 saturated carbocycles. The largest absolute Gasteiger partial charge is 0.294 e. The first-order valence-corrected chi connectivity index (χ1v) is 5.08. The van der Waals surface area contributed by atoms with Gasteiger partial charge in [-0.1, -0.05) is 18.2 Å². The van der Waals surface area contributed by atoms with Gasteiger partial charge >= 0.3 is 0 Å². The van der Waals surface area contributed by atoms with Crippen LogP contribution in [-0.2, 0) is 15.6 Å². The summed E-state index contributed by atoms with van der Waals surface area (Å²) >= 11 is 0. The van der Waals surface area contributed by atoms with E-state index in [2.05, 4.69) is 0 Å². The van der Waals surface area contributed by atoms with E-state index in [1.165, 1.54) is 6.92 Å². The van der Waals surface area contributed by atoms with Gasteiger partial charge in [0.1, 0.15) is 0 Å². The predicted molar refractivity (Wildman–Crippen MR) is 51.5 cm³/mol. The Morgan fingerprint density at radius 1 is 1.31 bits per heavy atom. The maximum absolute atomic E-state index is 11.7. The van der Waals surface area contributed by atoms with Crippen LogP contribution in [0.3, 0.4) is 0 Å². The van der Waals surface area contributed by atoms with Gasteiger partial charge < -0.3 is 0 Å². The van der Waals surface area contributed by atoms with E-state index < -0.39 is 10.8 Å². The highest BCUT2D eigenvalue weighted by atomic mass is 32.2. The highest BCUT2D eigenvalue weighted by molar-refractivity contribution is 7.90. The van der Waals surface area contributed by atoms with Gasteiger partial charge in [-0.3, -0.25) is 4.79 Å². The number of hydrogen-bond acceptors (Lipinski definition) is 2. The summed E-state index contributed by atoms with van der Waals surface area (Å²) in [5, 5.41) is 0. The molecule has 1 atom stereocenters. The topological polar surface area (TPSA) is 34.1 Å². The van der Waals surface area contributed by atoms with E-state index in [0.29, 0.717) is 4.91 Å². The third-order valence-electron chi connectivity index (χ3n) is 1.95. The fourth-order valence-electron chi connectivity index (χ4n) is 1.31. The molecule has 0 saturated heterocycles. The number of carbonyl (C=O) groups excluding carboxylic acids is 1. The number of rotatable bonds is 1. The molecule has 2 nitrogen and oxygen atoms in total. The van der Waals surface area contributed by atoms with E-state index >= 15 is 0 Å². The molecule has 0 spiro atoms. The lowest BCUT2D eigenvalue weighted by atomic mass is 10.2. The fraction of sp³-hybridized carbons (Fsp3) is 0.100. The summed E-state index contributed by atoms with van der Waals surface area (Å²) in [6.07, 6.45) is 1.70. The van der Waals surface area contributed by atoms with Crippen molar-refractivity contribution in [3.05, 3.63) is 34.7 Å². The molecule has 0 bridgehead atoms. The van der Waals surface area contributed by atoms with Gasteiger partial charge in [-0.15, -0.1) is 0 Å². The molecule has 0 fully saturated rings. The average Bonchev–Trinajstić information content (AvgIpc) is 2.45.